The number of ether oxygens (including phenoxy) is 1. The topological polar surface area (TPSA) is 89.0 Å². The van der Waals surface area contributed by atoms with Gasteiger partial charge in [-0.15, -0.1) is 10.2 Å². The maximum Gasteiger partial charge on any atom is 0.411 e. The van der Waals surface area contributed by atoms with Crippen molar-refractivity contribution in [2.24, 2.45) is 0 Å². The molecule has 0 aliphatic carbocycles. The van der Waals surface area contributed by atoms with E-state index in [0.29, 0.717) is 23.7 Å². The van der Waals surface area contributed by atoms with E-state index in [1.54, 1.807) is 18.5 Å². The SMILES string of the molecule is COC(=O)Nc1cncc(-c2nnc(NCc3ccccc3)c3c(-c4ccccc4)cccc23)c1. The first-order valence-corrected chi connectivity index (χ1v) is 11.2. The number of fused-ring (bicyclic) bond motifs is 1. The molecular weight excluding hydrogens is 438 g/mol. The molecule has 3 aromatic carbocycles. The maximum absolute atomic E-state index is 11.7. The van der Waals surface area contributed by atoms with Crippen LogP contribution in [0.15, 0.2) is 97.3 Å². The molecule has 1 amide bonds. The van der Waals surface area contributed by atoms with Crippen LogP contribution in [0, 0.1) is 0 Å². The van der Waals surface area contributed by atoms with Gasteiger partial charge in [-0.25, -0.2) is 4.79 Å². The second kappa shape index (κ2) is 10.0. The summed E-state index contributed by atoms with van der Waals surface area (Å²) in [5.41, 5.74) is 5.19. The molecule has 35 heavy (non-hydrogen) atoms. The number of hydrogen-bond donors (Lipinski definition) is 2. The van der Waals surface area contributed by atoms with Crippen molar-refractivity contribution >= 4 is 28.4 Å². The molecule has 7 heteroatoms. The highest BCUT2D eigenvalue weighted by molar-refractivity contribution is 6.08. The summed E-state index contributed by atoms with van der Waals surface area (Å²) in [5.74, 6) is 0.698. The number of nitrogens with zero attached hydrogens (tertiary/aromatic N) is 3. The Kier molecular flexibility index (Phi) is 6.30. The number of aromatic nitrogens is 3. The Morgan fingerprint density at radius 3 is 2.40 bits per heavy atom. The van der Waals surface area contributed by atoms with E-state index in [2.05, 4.69) is 56.1 Å². The molecule has 2 heterocycles. The van der Waals surface area contributed by atoms with Gasteiger partial charge in [0, 0.05) is 29.1 Å². The number of rotatable bonds is 6. The molecule has 0 spiro atoms. The normalized spacial score (nSPS) is 10.7. The Morgan fingerprint density at radius 2 is 1.63 bits per heavy atom. The fourth-order valence-electron chi connectivity index (χ4n) is 3.99. The predicted octanol–water partition coefficient (Wildman–Crippen LogP) is 6.15. The molecule has 0 bridgehead atoms. The zero-order valence-corrected chi connectivity index (χ0v) is 19.1. The third-order valence-electron chi connectivity index (χ3n) is 5.64. The fourth-order valence-corrected chi connectivity index (χ4v) is 3.99. The van der Waals surface area contributed by atoms with Crippen molar-refractivity contribution in [3.8, 4) is 22.4 Å². The number of methoxy groups -OCH3 is 1. The number of nitrogens with one attached hydrogen (secondary N) is 2. The van der Waals surface area contributed by atoms with Crippen LogP contribution >= 0.6 is 0 Å². The number of amides is 1. The van der Waals surface area contributed by atoms with Crippen molar-refractivity contribution in [1.82, 2.24) is 15.2 Å². The van der Waals surface area contributed by atoms with Gasteiger partial charge in [-0.1, -0.05) is 78.9 Å². The molecule has 5 rings (SSSR count). The number of carbonyl (C=O) groups excluding carboxylic acids is 1. The summed E-state index contributed by atoms with van der Waals surface area (Å²) in [7, 11) is 1.32. The number of anilines is 2. The van der Waals surface area contributed by atoms with E-state index < -0.39 is 6.09 Å². The summed E-state index contributed by atoms with van der Waals surface area (Å²) in [6.07, 6.45) is 2.70. The van der Waals surface area contributed by atoms with Gasteiger partial charge >= 0.3 is 6.09 Å². The fraction of sp³-hybridized carbons (Fsp3) is 0.0714. The van der Waals surface area contributed by atoms with Crippen LogP contribution < -0.4 is 10.6 Å². The summed E-state index contributed by atoms with van der Waals surface area (Å²) >= 11 is 0. The van der Waals surface area contributed by atoms with Crippen LogP contribution in [-0.2, 0) is 11.3 Å². The highest BCUT2D eigenvalue weighted by Gasteiger charge is 2.16. The number of benzene rings is 3. The molecular formula is C28H23N5O2. The van der Waals surface area contributed by atoms with E-state index in [9.17, 15) is 4.79 Å². The first kappa shape index (κ1) is 22.0. The van der Waals surface area contributed by atoms with Gasteiger partial charge in [0.25, 0.3) is 0 Å². The van der Waals surface area contributed by atoms with Gasteiger partial charge in [0.15, 0.2) is 5.82 Å². The lowest BCUT2D eigenvalue weighted by molar-refractivity contribution is 0.187. The molecule has 0 saturated heterocycles. The van der Waals surface area contributed by atoms with E-state index in [0.717, 1.165) is 33.0 Å². The first-order valence-electron chi connectivity index (χ1n) is 11.2. The van der Waals surface area contributed by atoms with Gasteiger partial charge in [-0.3, -0.25) is 10.3 Å². The van der Waals surface area contributed by atoms with Crippen LogP contribution in [0.3, 0.4) is 0 Å². The monoisotopic (exact) mass is 461 g/mol. The van der Waals surface area contributed by atoms with Gasteiger partial charge < -0.3 is 10.1 Å². The molecule has 0 atom stereocenters. The molecule has 0 fully saturated rings. The number of carbonyl (C=O) groups is 1. The predicted molar refractivity (Wildman–Crippen MR) is 138 cm³/mol. The highest BCUT2D eigenvalue weighted by atomic mass is 16.5. The number of pyridine rings is 1. The van der Waals surface area contributed by atoms with Gasteiger partial charge in [0.1, 0.15) is 5.69 Å². The third-order valence-corrected chi connectivity index (χ3v) is 5.64. The maximum atomic E-state index is 11.7. The largest absolute Gasteiger partial charge is 0.453 e. The molecule has 0 unspecified atom stereocenters. The lowest BCUT2D eigenvalue weighted by Crippen LogP contribution is -2.11. The number of hydrogen-bond acceptors (Lipinski definition) is 6. The van der Waals surface area contributed by atoms with E-state index in [4.69, 9.17) is 4.74 Å². The lowest BCUT2D eigenvalue weighted by Gasteiger charge is -2.15. The van der Waals surface area contributed by atoms with Crippen molar-refractivity contribution < 1.29 is 9.53 Å². The molecule has 0 radical (unpaired) electrons. The van der Waals surface area contributed by atoms with Gasteiger partial charge in [-0.05, 0) is 22.8 Å². The summed E-state index contributed by atoms with van der Waals surface area (Å²) < 4.78 is 4.70. The smallest absolute Gasteiger partial charge is 0.411 e. The standard InChI is InChI=1S/C28H23N5O2/c1-35-28(34)31-22-15-21(17-29-18-22)26-24-14-8-13-23(20-11-6-3-7-12-20)25(24)27(33-32-26)30-16-19-9-4-2-5-10-19/h2-15,17-18H,16H2,1H3,(H,30,33)(H,31,34). The van der Waals surface area contributed by atoms with Crippen LogP contribution in [0.5, 0.6) is 0 Å². The Labute approximate surface area is 202 Å². The van der Waals surface area contributed by atoms with Crippen LogP contribution in [0.25, 0.3) is 33.2 Å². The second-order valence-corrected chi connectivity index (χ2v) is 7.91. The molecule has 0 aliphatic heterocycles. The molecule has 2 N–H and O–H groups in total. The van der Waals surface area contributed by atoms with Crippen molar-refractivity contribution in [1.29, 1.82) is 0 Å². The lowest BCUT2D eigenvalue weighted by atomic mass is 9.96. The van der Waals surface area contributed by atoms with E-state index >= 15 is 0 Å². The van der Waals surface area contributed by atoms with Crippen molar-refractivity contribution in [2.45, 2.75) is 6.54 Å². The van der Waals surface area contributed by atoms with E-state index in [1.807, 2.05) is 48.5 Å². The molecule has 172 valence electrons. The van der Waals surface area contributed by atoms with Crippen molar-refractivity contribution in [2.75, 3.05) is 17.7 Å². The summed E-state index contributed by atoms with van der Waals surface area (Å²) in [6, 6.07) is 28.3. The van der Waals surface area contributed by atoms with Gasteiger partial charge in [-0.2, -0.15) is 0 Å². The van der Waals surface area contributed by atoms with Crippen LogP contribution in [0.1, 0.15) is 5.56 Å². The minimum absolute atomic E-state index is 0.509. The Balaban J connectivity index is 1.64. The summed E-state index contributed by atoms with van der Waals surface area (Å²) in [6.45, 7) is 0.618. The molecule has 5 aromatic rings. The molecule has 7 nitrogen and oxygen atoms in total. The van der Waals surface area contributed by atoms with Gasteiger partial charge in [0.05, 0.1) is 19.0 Å². The van der Waals surface area contributed by atoms with E-state index in [-0.39, 0.29) is 0 Å². The Morgan fingerprint density at radius 1 is 0.857 bits per heavy atom. The minimum Gasteiger partial charge on any atom is -0.453 e. The zero-order chi connectivity index (χ0) is 24.0. The van der Waals surface area contributed by atoms with E-state index in [1.165, 1.54) is 7.11 Å². The Bertz CT molecular complexity index is 1470. The highest BCUT2D eigenvalue weighted by Crippen LogP contribution is 2.37. The van der Waals surface area contributed by atoms with Gasteiger partial charge in [0.2, 0.25) is 0 Å². The molecule has 0 saturated carbocycles. The zero-order valence-electron chi connectivity index (χ0n) is 19.1. The summed E-state index contributed by atoms with van der Waals surface area (Å²) in [4.78, 5) is 16.0. The molecule has 0 aliphatic rings. The second-order valence-electron chi connectivity index (χ2n) is 7.91. The Hall–Kier alpha value is -4.78. The van der Waals surface area contributed by atoms with Crippen LogP contribution in [0.4, 0.5) is 16.3 Å². The van der Waals surface area contributed by atoms with Crippen molar-refractivity contribution in [3.63, 3.8) is 0 Å². The average molecular weight is 462 g/mol. The molecule has 2 aromatic heterocycles. The average Bonchev–Trinajstić information content (AvgIpc) is 2.92. The summed E-state index contributed by atoms with van der Waals surface area (Å²) in [5, 5.41) is 17.2. The van der Waals surface area contributed by atoms with Crippen LogP contribution in [0.2, 0.25) is 0 Å². The van der Waals surface area contributed by atoms with Crippen molar-refractivity contribution in [3.05, 3.63) is 103 Å². The quantitative estimate of drug-likeness (QED) is 0.315. The third kappa shape index (κ3) is 4.79. The van der Waals surface area contributed by atoms with Crippen LogP contribution in [-0.4, -0.2) is 28.4 Å². The minimum atomic E-state index is -0.563. The first-order chi connectivity index (χ1) is 17.2.